The van der Waals surface area contributed by atoms with Crippen LogP contribution >= 0.6 is 0 Å². The number of ether oxygens (including phenoxy) is 1. The molecule has 1 aromatic heterocycles. The quantitative estimate of drug-likeness (QED) is 0.233. The summed E-state index contributed by atoms with van der Waals surface area (Å²) in [4.78, 5) is 73.3. The van der Waals surface area contributed by atoms with E-state index < -0.39 is 41.4 Å². The van der Waals surface area contributed by atoms with E-state index in [1.165, 1.54) is 12.1 Å². The zero-order valence-corrected chi connectivity index (χ0v) is 30.3. The lowest BCUT2D eigenvalue weighted by Gasteiger charge is -2.43. The van der Waals surface area contributed by atoms with Crippen LogP contribution in [0.2, 0.25) is 0 Å². The minimum atomic E-state index is -4.41. The lowest BCUT2D eigenvalue weighted by Crippen LogP contribution is -2.54. The van der Waals surface area contributed by atoms with Gasteiger partial charge in [0, 0.05) is 74.9 Å². The van der Waals surface area contributed by atoms with Crippen molar-refractivity contribution in [2.75, 3.05) is 36.4 Å². The number of aromatic nitrogens is 2. The average molecular weight is 770 g/mol. The summed E-state index contributed by atoms with van der Waals surface area (Å²) in [5.41, 5.74) is 3.72. The monoisotopic (exact) mass is 769 g/mol. The molecule has 1 atom stereocenters. The number of hydrogen-bond donors (Lipinski definition) is 2. The van der Waals surface area contributed by atoms with Gasteiger partial charge in [0.2, 0.25) is 11.8 Å². The van der Waals surface area contributed by atoms with Crippen molar-refractivity contribution in [1.82, 2.24) is 24.7 Å². The molecule has 5 amide bonds. The number of halogens is 3. The fourth-order valence-electron chi connectivity index (χ4n) is 7.64. The summed E-state index contributed by atoms with van der Waals surface area (Å²) < 4.78 is 47.2. The van der Waals surface area contributed by atoms with Crippen LogP contribution in [0.4, 0.5) is 24.5 Å². The molecule has 3 fully saturated rings. The van der Waals surface area contributed by atoms with Gasteiger partial charge < -0.3 is 24.4 Å². The summed E-state index contributed by atoms with van der Waals surface area (Å²) in [6.07, 6.45) is 0.475. The van der Waals surface area contributed by atoms with E-state index in [0.29, 0.717) is 67.1 Å². The van der Waals surface area contributed by atoms with Crippen LogP contribution in [0.5, 0.6) is 0 Å². The van der Waals surface area contributed by atoms with Gasteiger partial charge in [0.05, 0.1) is 40.9 Å². The molecule has 56 heavy (non-hydrogen) atoms. The Morgan fingerprint density at radius 3 is 2.30 bits per heavy atom. The number of alkyl halides is 3. The summed E-state index contributed by atoms with van der Waals surface area (Å²) in [7, 11) is 1.84. The van der Waals surface area contributed by atoms with Crippen molar-refractivity contribution in [3.8, 4) is 11.3 Å². The number of carbonyl (C=O) groups excluding carboxylic acids is 5. The number of imide groups is 2. The van der Waals surface area contributed by atoms with Gasteiger partial charge in [-0.15, -0.1) is 0 Å². The van der Waals surface area contributed by atoms with Crippen LogP contribution in [0, 0.1) is 0 Å². The Labute approximate surface area is 319 Å². The Kier molecular flexibility index (Phi) is 9.60. The molecule has 13 nitrogen and oxygen atoms in total. The van der Waals surface area contributed by atoms with Gasteiger partial charge in [-0.3, -0.25) is 34.2 Å². The first kappa shape index (κ1) is 36.9. The van der Waals surface area contributed by atoms with Crippen LogP contribution in [0.15, 0.2) is 73.2 Å². The summed E-state index contributed by atoms with van der Waals surface area (Å²) in [6, 6.07) is 14.3. The molecule has 0 saturated carbocycles. The summed E-state index contributed by atoms with van der Waals surface area (Å²) in [5.74, 6) is -2.28. The van der Waals surface area contributed by atoms with E-state index in [9.17, 15) is 37.1 Å². The first-order valence-electron chi connectivity index (χ1n) is 18.4. The fraction of sp³-hybridized carbons (Fsp3) is 0.350. The van der Waals surface area contributed by atoms with Gasteiger partial charge in [-0.2, -0.15) is 13.2 Å². The molecule has 4 aromatic rings. The van der Waals surface area contributed by atoms with Gasteiger partial charge >= 0.3 is 6.18 Å². The van der Waals surface area contributed by atoms with E-state index >= 15 is 0 Å². The Hall–Kier alpha value is -6.03. The molecule has 16 heteroatoms. The highest BCUT2D eigenvalue weighted by molar-refractivity contribution is 6.23. The first-order chi connectivity index (χ1) is 26.8. The van der Waals surface area contributed by atoms with Crippen molar-refractivity contribution < 1.29 is 41.9 Å². The molecule has 0 bridgehead atoms. The number of carbonyl (C=O) groups is 5. The standard InChI is InChI=1S/C40H38F3N7O6/c1-47-21-33(45-22-47)31-16-24(4-9-32(31)44-18-23-2-5-25(6-3-23)40(41,42)43)37(53)48-14-12-27(13-15-48)56-28-19-49(20-28)26-7-8-29-30(17-26)39(55)50(38(29)54)34-10-11-35(51)46-36(34)52/h2-9,16-17,21-22,27-28,34,44H,10-15,18-20H2,1H3,(H,46,51,52)/t34-/m0/s1. The smallest absolute Gasteiger partial charge is 0.380 e. The number of imidazole rings is 1. The highest BCUT2D eigenvalue weighted by Gasteiger charge is 2.45. The molecule has 290 valence electrons. The van der Waals surface area contributed by atoms with E-state index in [4.69, 9.17) is 4.74 Å². The van der Waals surface area contributed by atoms with Crippen LogP contribution in [0.25, 0.3) is 11.3 Å². The number of nitrogens with zero attached hydrogens (tertiary/aromatic N) is 5. The molecule has 0 spiro atoms. The number of rotatable bonds is 9. The number of nitrogens with one attached hydrogen (secondary N) is 2. The van der Waals surface area contributed by atoms with Crippen LogP contribution in [-0.4, -0.2) is 93.3 Å². The molecule has 0 radical (unpaired) electrons. The SMILES string of the molecule is Cn1cnc(-c2cc(C(=O)N3CCC(OC4CN(c5ccc6c(c5)C(=O)N([C@H]5CCC(=O)NC5=O)C6=O)C4)CC3)ccc2NCc2ccc(C(F)(F)F)cc2)c1. The normalized spacial score (nSPS) is 19.3. The van der Waals surface area contributed by atoms with E-state index in [1.807, 2.05) is 13.2 Å². The third kappa shape index (κ3) is 7.23. The second-order valence-electron chi connectivity index (χ2n) is 14.6. The molecule has 0 aliphatic carbocycles. The van der Waals surface area contributed by atoms with Gasteiger partial charge in [0.1, 0.15) is 6.04 Å². The van der Waals surface area contributed by atoms with E-state index in [2.05, 4.69) is 20.5 Å². The Balaban J connectivity index is 0.847. The Morgan fingerprint density at radius 1 is 0.893 bits per heavy atom. The van der Waals surface area contributed by atoms with Crippen LogP contribution in [0.1, 0.15) is 67.9 Å². The number of hydrogen-bond acceptors (Lipinski definition) is 9. The minimum Gasteiger partial charge on any atom is -0.380 e. The van der Waals surface area contributed by atoms with Gasteiger partial charge in [-0.1, -0.05) is 12.1 Å². The molecule has 3 saturated heterocycles. The lowest BCUT2D eigenvalue weighted by atomic mass is 10.0. The van der Waals surface area contributed by atoms with Crippen LogP contribution in [0.3, 0.4) is 0 Å². The molecular formula is C40H38F3N7O6. The number of piperidine rings is 2. The van der Waals surface area contributed by atoms with Crippen molar-refractivity contribution >= 4 is 40.9 Å². The number of likely N-dealkylation sites (tertiary alicyclic amines) is 1. The highest BCUT2D eigenvalue weighted by atomic mass is 19.4. The number of fused-ring (bicyclic) bond motifs is 1. The van der Waals surface area contributed by atoms with Crippen molar-refractivity contribution in [1.29, 1.82) is 0 Å². The predicted molar refractivity (Wildman–Crippen MR) is 197 cm³/mol. The maximum absolute atomic E-state index is 13.7. The van der Waals surface area contributed by atoms with Crippen molar-refractivity contribution in [2.24, 2.45) is 7.05 Å². The second-order valence-corrected chi connectivity index (χ2v) is 14.6. The van der Waals surface area contributed by atoms with Gasteiger partial charge in [0.15, 0.2) is 0 Å². The van der Waals surface area contributed by atoms with E-state index in [1.54, 1.807) is 52.2 Å². The summed E-state index contributed by atoms with van der Waals surface area (Å²) >= 11 is 0. The van der Waals surface area contributed by atoms with Gasteiger partial charge in [-0.25, -0.2) is 4.98 Å². The number of aryl methyl sites for hydroxylation is 1. The third-order valence-corrected chi connectivity index (χ3v) is 10.8. The summed E-state index contributed by atoms with van der Waals surface area (Å²) in [5, 5.41) is 5.50. The molecule has 2 N–H and O–H groups in total. The number of benzene rings is 3. The zero-order chi connectivity index (χ0) is 39.3. The Morgan fingerprint density at radius 2 is 1.62 bits per heavy atom. The summed E-state index contributed by atoms with van der Waals surface area (Å²) in [6.45, 7) is 2.48. The van der Waals surface area contributed by atoms with Crippen molar-refractivity contribution in [3.05, 3.63) is 101 Å². The predicted octanol–water partition coefficient (Wildman–Crippen LogP) is 4.63. The molecule has 3 aromatic carbocycles. The second kappa shape index (κ2) is 14.6. The average Bonchev–Trinajstić information content (AvgIpc) is 3.71. The molecule has 0 unspecified atom stereocenters. The molecule has 8 rings (SSSR count). The first-order valence-corrected chi connectivity index (χ1v) is 18.4. The van der Waals surface area contributed by atoms with Gasteiger partial charge in [0.25, 0.3) is 17.7 Å². The van der Waals surface area contributed by atoms with Crippen molar-refractivity contribution in [3.63, 3.8) is 0 Å². The van der Waals surface area contributed by atoms with E-state index in [-0.39, 0.29) is 48.6 Å². The Bertz CT molecular complexity index is 2230. The van der Waals surface area contributed by atoms with Crippen molar-refractivity contribution in [2.45, 2.75) is 56.7 Å². The highest BCUT2D eigenvalue weighted by Crippen LogP contribution is 2.34. The molecule has 4 aliphatic rings. The zero-order valence-electron chi connectivity index (χ0n) is 30.3. The molecular weight excluding hydrogens is 731 g/mol. The maximum Gasteiger partial charge on any atom is 0.416 e. The lowest BCUT2D eigenvalue weighted by molar-refractivity contribution is -0.138. The minimum absolute atomic E-state index is 0.0339. The van der Waals surface area contributed by atoms with Crippen LogP contribution < -0.4 is 15.5 Å². The van der Waals surface area contributed by atoms with Gasteiger partial charge in [-0.05, 0) is 73.4 Å². The molecule has 4 aliphatic heterocycles. The number of anilines is 2. The molecule has 5 heterocycles. The largest absolute Gasteiger partial charge is 0.416 e. The van der Waals surface area contributed by atoms with E-state index in [0.717, 1.165) is 22.7 Å². The topological polar surface area (TPSA) is 146 Å². The van der Waals surface area contributed by atoms with Crippen LogP contribution in [-0.2, 0) is 34.1 Å². The third-order valence-electron chi connectivity index (χ3n) is 10.8. The maximum atomic E-state index is 13.7. The fourth-order valence-corrected chi connectivity index (χ4v) is 7.64. The number of amides is 5.